The molecule has 0 saturated carbocycles. The van der Waals surface area contributed by atoms with Crippen LogP contribution in [0, 0.1) is 5.82 Å². The van der Waals surface area contributed by atoms with E-state index >= 15 is 0 Å². The Bertz CT molecular complexity index is 1150. The molecule has 3 aromatic rings. The third kappa shape index (κ3) is 6.32. The minimum atomic E-state index is -0.907. The maximum atomic E-state index is 13.8. The molecule has 1 aromatic heterocycles. The standard InChI is InChI=1S/C27H29ClFNO3/c1-2-30-23-17-16-20(28)18-21(23)27(25(31)14-9-15-26(32)33)24(30)13-6-4-3-5-10-19-11-7-8-12-22(19)29/h2,7-8,11-12,16-18H,1,3-6,9-10,13-15H2,(H,32,33). The lowest BCUT2D eigenvalue weighted by molar-refractivity contribution is -0.137. The summed E-state index contributed by atoms with van der Waals surface area (Å²) in [6.07, 6.45) is 7.25. The monoisotopic (exact) mass is 469 g/mol. The number of Topliss-reactive ketones (excluding diaryl/α,β-unsaturated/α-hetero) is 1. The van der Waals surface area contributed by atoms with Gasteiger partial charge in [0.05, 0.1) is 5.52 Å². The highest BCUT2D eigenvalue weighted by atomic mass is 35.5. The number of fused-ring (bicyclic) bond motifs is 1. The molecule has 0 aliphatic carbocycles. The molecule has 0 amide bonds. The lowest BCUT2D eigenvalue weighted by Crippen LogP contribution is -2.06. The number of nitrogens with zero attached hydrogens (tertiary/aromatic N) is 1. The fraction of sp³-hybridized carbons (Fsp3) is 0.333. The topological polar surface area (TPSA) is 59.3 Å². The molecule has 0 spiro atoms. The van der Waals surface area contributed by atoms with Crippen LogP contribution in [-0.4, -0.2) is 21.4 Å². The first-order valence-electron chi connectivity index (χ1n) is 11.4. The van der Waals surface area contributed by atoms with Crippen molar-refractivity contribution >= 4 is 40.5 Å². The first-order chi connectivity index (χ1) is 15.9. The van der Waals surface area contributed by atoms with E-state index in [9.17, 15) is 14.0 Å². The average Bonchev–Trinajstić information content (AvgIpc) is 3.09. The highest BCUT2D eigenvalue weighted by Crippen LogP contribution is 2.32. The van der Waals surface area contributed by atoms with E-state index in [1.165, 1.54) is 6.07 Å². The van der Waals surface area contributed by atoms with Crippen LogP contribution in [-0.2, 0) is 17.6 Å². The van der Waals surface area contributed by atoms with Gasteiger partial charge in [-0.1, -0.05) is 49.2 Å². The van der Waals surface area contributed by atoms with Gasteiger partial charge in [-0.05, 0) is 61.9 Å². The van der Waals surface area contributed by atoms with Crippen molar-refractivity contribution in [3.63, 3.8) is 0 Å². The smallest absolute Gasteiger partial charge is 0.303 e. The molecule has 0 atom stereocenters. The van der Waals surface area contributed by atoms with Crippen molar-refractivity contribution in [2.24, 2.45) is 0 Å². The Labute approximate surface area is 198 Å². The van der Waals surface area contributed by atoms with Crippen LogP contribution in [0.3, 0.4) is 0 Å². The molecule has 0 bridgehead atoms. The predicted molar refractivity (Wildman–Crippen MR) is 131 cm³/mol. The summed E-state index contributed by atoms with van der Waals surface area (Å²) in [5.74, 6) is -1.13. The zero-order chi connectivity index (χ0) is 23.8. The highest BCUT2D eigenvalue weighted by Gasteiger charge is 2.21. The molecule has 0 unspecified atom stereocenters. The summed E-state index contributed by atoms with van der Waals surface area (Å²) >= 11 is 6.22. The molecule has 0 radical (unpaired) electrons. The van der Waals surface area contributed by atoms with E-state index in [2.05, 4.69) is 6.58 Å². The quantitative estimate of drug-likeness (QED) is 0.211. The number of unbranched alkanes of at least 4 members (excludes halogenated alkanes) is 3. The molecule has 4 nitrogen and oxygen atoms in total. The molecule has 1 heterocycles. The summed E-state index contributed by atoms with van der Waals surface area (Å²) in [6, 6.07) is 12.3. The van der Waals surface area contributed by atoms with Gasteiger partial charge in [-0.2, -0.15) is 0 Å². The Balaban J connectivity index is 1.70. The molecule has 6 heteroatoms. The summed E-state index contributed by atoms with van der Waals surface area (Å²) in [4.78, 5) is 24.0. The van der Waals surface area contributed by atoms with E-state index < -0.39 is 5.97 Å². The number of aliphatic carboxylic acids is 1. The van der Waals surface area contributed by atoms with Crippen molar-refractivity contribution in [2.45, 2.75) is 57.8 Å². The number of ketones is 1. The zero-order valence-electron chi connectivity index (χ0n) is 18.7. The summed E-state index contributed by atoms with van der Waals surface area (Å²) in [5.41, 5.74) is 3.11. The average molecular weight is 470 g/mol. The first kappa shape index (κ1) is 24.7. The van der Waals surface area contributed by atoms with E-state index in [-0.39, 0.29) is 24.4 Å². The summed E-state index contributed by atoms with van der Waals surface area (Å²) in [5, 5.41) is 10.2. The summed E-state index contributed by atoms with van der Waals surface area (Å²) in [7, 11) is 0. The van der Waals surface area contributed by atoms with Gasteiger partial charge in [-0.3, -0.25) is 9.59 Å². The Hall–Kier alpha value is -2.92. The number of halogens is 2. The third-order valence-corrected chi connectivity index (χ3v) is 6.13. The van der Waals surface area contributed by atoms with Crippen LogP contribution >= 0.6 is 11.6 Å². The van der Waals surface area contributed by atoms with Crippen molar-refractivity contribution in [2.75, 3.05) is 0 Å². The van der Waals surface area contributed by atoms with Crippen LogP contribution in [0.5, 0.6) is 0 Å². The largest absolute Gasteiger partial charge is 0.481 e. The highest BCUT2D eigenvalue weighted by molar-refractivity contribution is 6.31. The van der Waals surface area contributed by atoms with Crippen molar-refractivity contribution in [1.82, 2.24) is 4.57 Å². The number of benzene rings is 2. The normalized spacial score (nSPS) is 11.1. The lowest BCUT2D eigenvalue weighted by atomic mass is 9.98. The number of aromatic nitrogens is 1. The van der Waals surface area contributed by atoms with Crippen LogP contribution < -0.4 is 0 Å². The number of carboxylic acids is 1. The number of carbonyl (C=O) groups excluding carboxylic acids is 1. The first-order valence-corrected chi connectivity index (χ1v) is 11.7. The van der Waals surface area contributed by atoms with Crippen LogP contribution in [0.15, 0.2) is 49.0 Å². The summed E-state index contributed by atoms with van der Waals surface area (Å²) < 4.78 is 15.7. The predicted octanol–water partition coefficient (Wildman–Crippen LogP) is 7.32. The second kappa shape index (κ2) is 11.8. The van der Waals surface area contributed by atoms with E-state index in [1.807, 2.05) is 22.8 Å². The summed E-state index contributed by atoms with van der Waals surface area (Å²) in [6.45, 7) is 3.93. The fourth-order valence-corrected chi connectivity index (χ4v) is 4.46. The Morgan fingerprint density at radius 2 is 1.73 bits per heavy atom. The van der Waals surface area contributed by atoms with E-state index in [1.54, 1.807) is 24.4 Å². The maximum absolute atomic E-state index is 13.8. The van der Waals surface area contributed by atoms with Gasteiger partial charge in [0.2, 0.25) is 0 Å². The van der Waals surface area contributed by atoms with Crippen LogP contribution in [0.4, 0.5) is 4.39 Å². The number of carboxylic acid groups (broad SMARTS) is 1. The molecule has 1 N–H and O–H groups in total. The maximum Gasteiger partial charge on any atom is 0.303 e. The molecule has 33 heavy (non-hydrogen) atoms. The second-order valence-electron chi connectivity index (χ2n) is 8.21. The third-order valence-electron chi connectivity index (χ3n) is 5.89. The van der Waals surface area contributed by atoms with Crippen LogP contribution in [0.25, 0.3) is 17.1 Å². The van der Waals surface area contributed by atoms with Crippen molar-refractivity contribution in [3.8, 4) is 0 Å². The van der Waals surface area contributed by atoms with Crippen molar-refractivity contribution in [1.29, 1.82) is 0 Å². The van der Waals surface area contributed by atoms with E-state index in [0.29, 0.717) is 29.8 Å². The number of hydrogen-bond donors (Lipinski definition) is 1. The number of aryl methyl sites for hydroxylation is 1. The zero-order valence-corrected chi connectivity index (χ0v) is 19.4. The van der Waals surface area contributed by atoms with Gasteiger partial charge in [0, 0.05) is 40.7 Å². The molecule has 0 saturated heterocycles. The van der Waals surface area contributed by atoms with Gasteiger partial charge in [0.1, 0.15) is 5.82 Å². The van der Waals surface area contributed by atoms with Gasteiger partial charge < -0.3 is 9.67 Å². The second-order valence-corrected chi connectivity index (χ2v) is 8.65. The van der Waals surface area contributed by atoms with Gasteiger partial charge in [-0.15, -0.1) is 0 Å². The molecule has 0 fully saturated rings. The van der Waals surface area contributed by atoms with Gasteiger partial charge in [0.15, 0.2) is 5.78 Å². The SMILES string of the molecule is C=Cn1c(CCCCCCc2ccccc2F)c(C(=O)CCCC(=O)O)c2cc(Cl)ccc21. The number of hydrogen-bond acceptors (Lipinski definition) is 2. The minimum absolute atomic E-state index is 0.0378. The molecule has 174 valence electrons. The Morgan fingerprint density at radius 1 is 1.00 bits per heavy atom. The van der Waals surface area contributed by atoms with Crippen molar-refractivity contribution in [3.05, 3.63) is 76.7 Å². The number of carbonyl (C=O) groups is 2. The van der Waals surface area contributed by atoms with E-state index in [0.717, 1.165) is 47.8 Å². The van der Waals surface area contributed by atoms with Crippen molar-refractivity contribution < 1.29 is 19.1 Å². The molecular weight excluding hydrogens is 441 g/mol. The molecular formula is C27H29ClFNO3. The minimum Gasteiger partial charge on any atom is -0.481 e. The lowest BCUT2D eigenvalue weighted by Gasteiger charge is -2.09. The van der Waals surface area contributed by atoms with Crippen LogP contribution in [0.2, 0.25) is 5.02 Å². The number of rotatable bonds is 13. The molecule has 0 aliphatic heterocycles. The fourth-order valence-electron chi connectivity index (χ4n) is 4.29. The Kier molecular flexibility index (Phi) is 8.84. The van der Waals surface area contributed by atoms with Gasteiger partial charge in [-0.25, -0.2) is 4.39 Å². The van der Waals surface area contributed by atoms with E-state index in [4.69, 9.17) is 16.7 Å². The molecule has 3 rings (SSSR count). The van der Waals surface area contributed by atoms with Crippen LogP contribution in [0.1, 0.15) is 66.6 Å². The molecule has 2 aromatic carbocycles. The van der Waals surface area contributed by atoms with Gasteiger partial charge in [0.25, 0.3) is 0 Å². The Morgan fingerprint density at radius 3 is 2.42 bits per heavy atom. The van der Waals surface area contributed by atoms with Gasteiger partial charge >= 0.3 is 5.97 Å². The molecule has 0 aliphatic rings.